The second-order valence-electron chi connectivity index (χ2n) is 4.64. The fourth-order valence-corrected chi connectivity index (χ4v) is 2.60. The van der Waals surface area contributed by atoms with Crippen molar-refractivity contribution in [3.63, 3.8) is 0 Å². The molecule has 0 spiro atoms. The fourth-order valence-electron chi connectivity index (χ4n) is 2.60. The van der Waals surface area contributed by atoms with Crippen molar-refractivity contribution in [3.05, 3.63) is 0 Å². The van der Waals surface area contributed by atoms with Gasteiger partial charge in [0.2, 0.25) is 0 Å². The first kappa shape index (κ1) is 14.9. The topological polar surface area (TPSA) is 73.0 Å². The van der Waals surface area contributed by atoms with Gasteiger partial charge in [-0.2, -0.15) is 0 Å². The van der Waals surface area contributed by atoms with E-state index in [4.69, 9.17) is 15.9 Å². The van der Waals surface area contributed by atoms with Crippen LogP contribution in [0.4, 0.5) is 0 Å². The van der Waals surface area contributed by atoms with Gasteiger partial charge in [0.15, 0.2) is 0 Å². The molecule has 1 aliphatic heterocycles. The Hall–Kier alpha value is -0.200. The van der Waals surface area contributed by atoms with E-state index >= 15 is 0 Å². The summed E-state index contributed by atoms with van der Waals surface area (Å²) in [4.78, 5) is 0. The predicted octanol–water partition coefficient (Wildman–Crippen LogP) is -0.219. The maximum absolute atomic E-state index is 9.09. The SMILES string of the molecule is NCCCC1CCCCN1N(CCO)CCO. The van der Waals surface area contributed by atoms with Gasteiger partial charge >= 0.3 is 0 Å². The molecule has 102 valence electrons. The van der Waals surface area contributed by atoms with Gasteiger partial charge in [0.25, 0.3) is 0 Å². The molecule has 0 radical (unpaired) electrons. The molecule has 0 saturated carbocycles. The molecular weight excluding hydrogens is 218 g/mol. The number of hydrogen-bond donors (Lipinski definition) is 3. The van der Waals surface area contributed by atoms with E-state index in [1.807, 2.05) is 0 Å². The Morgan fingerprint density at radius 1 is 1.18 bits per heavy atom. The van der Waals surface area contributed by atoms with Crippen molar-refractivity contribution >= 4 is 0 Å². The zero-order valence-electron chi connectivity index (χ0n) is 10.7. The molecule has 1 aliphatic rings. The standard InChI is InChI=1S/C12H27N3O2/c13-6-3-5-12-4-1-2-7-15(12)14(8-10-16)9-11-17/h12,16-17H,1-11,13H2. The first-order valence-electron chi connectivity index (χ1n) is 6.76. The highest BCUT2D eigenvalue weighted by Gasteiger charge is 2.26. The molecule has 0 bridgehead atoms. The molecule has 1 atom stereocenters. The summed E-state index contributed by atoms with van der Waals surface area (Å²) < 4.78 is 0. The van der Waals surface area contributed by atoms with Crippen molar-refractivity contribution < 1.29 is 10.2 Å². The normalized spacial score (nSPS) is 22.2. The molecule has 5 heteroatoms. The van der Waals surface area contributed by atoms with Crippen LogP contribution in [0.3, 0.4) is 0 Å². The second kappa shape index (κ2) is 8.83. The van der Waals surface area contributed by atoms with Crippen LogP contribution in [-0.4, -0.2) is 65.7 Å². The van der Waals surface area contributed by atoms with Crippen molar-refractivity contribution in [2.75, 3.05) is 39.4 Å². The Morgan fingerprint density at radius 2 is 1.88 bits per heavy atom. The van der Waals surface area contributed by atoms with Gasteiger partial charge in [-0.25, -0.2) is 10.0 Å². The maximum Gasteiger partial charge on any atom is 0.0572 e. The molecule has 1 rings (SSSR count). The number of nitrogens with two attached hydrogens (primary N) is 1. The molecule has 0 aromatic rings. The van der Waals surface area contributed by atoms with Crippen molar-refractivity contribution in [1.82, 2.24) is 10.0 Å². The lowest BCUT2D eigenvalue weighted by Gasteiger charge is -2.43. The van der Waals surface area contributed by atoms with Crippen LogP contribution in [0, 0.1) is 0 Å². The van der Waals surface area contributed by atoms with Gasteiger partial charge in [0, 0.05) is 25.7 Å². The molecule has 0 amide bonds. The van der Waals surface area contributed by atoms with Gasteiger partial charge in [0.05, 0.1) is 13.2 Å². The van der Waals surface area contributed by atoms with E-state index in [-0.39, 0.29) is 13.2 Å². The van der Waals surface area contributed by atoms with E-state index in [0.717, 1.165) is 25.9 Å². The lowest BCUT2D eigenvalue weighted by atomic mass is 9.99. The van der Waals surface area contributed by atoms with Gasteiger partial charge in [0.1, 0.15) is 0 Å². The molecular formula is C12H27N3O2. The van der Waals surface area contributed by atoms with E-state index in [9.17, 15) is 0 Å². The number of hydrazine groups is 1. The van der Waals surface area contributed by atoms with Crippen LogP contribution in [0.1, 0.15) is 32.1 Å². The van der Waals surface area contributed by atoms with Crippen molar-refractivity contribution in [2.45, 2.75) is 38.1 Å². The number of hydrogen-bond acceptors (Lipinski definition) is 5. The first-order chi connectivity index (χ1) is 8.33. The zero-order chi connectivity index (χ0) is 12.5. The highest BCUT2D eigenvalue weighted by atomic mass is 16.3. The Kier molecular flexibility index (Phi) is 7.72. The summed E-state index contributed by atoms with van der Waals surface area (Å²) in [6, 6.07) is 0.533. The van der Waals surface area contributed by atoms with E-state index in [2.05, 4.69) is 10.0 Å². The van der Waals surface area contributed by atoms with Gasteiger partial charge in [-0.05, 0) is 32.2 Å². The number of aliphatic hydroxyl groups excluding tert-OH is 2. The third-order valence-electron chi connectivity index (χ3n) is 3.42. The minimum absolute atomic E-state index is 0.139. The van der Waals surface area contributed by atoms with E-state index < -0.39 is 0 Å². The average Bonchev–Trinajstić information content (AvgIpc) is 2.36. The summed E-state index contributed by atoms with van der Waals surface area (Å²) in [6.07, 6.45) is 5.84. The Morgan fingerprint density at radius 3 is 2.47 bits per heavy atom. The number of aliphatic hydroxyl groups is 2. The Labute approximate surface area is 104 Å². The van der Waals surface area contributed by atoms with Crippen LogP contribution < -0.4 is 5.73 Å². The van der Waals surface area contributed by atoms with E-state index in [1.54, 1.807) is 0 Å². The summed E-state index contributed by atoms with van der Waals surface area (Å²) >= 11 is 0. The summed E-state index contributed by atoms with van der Waals surface area (Å²) in [6.45, 7) is 3.28. The average molecular weight is 245 g/mol. The van der Waals surface area contributed by atoms with Crippen molar-refractivity contribution in [2.24, 2.45) is 5.73 Å². The molecule has 0 aliphatic carbocycles. The van der Waals surface area contributed by atoms with Crippen LogP contribution in [0.2, 0.25) is 0 Å². The smallest absolute Gasteiger partial charge is 0.0572 e. The molecule has 1 fully saturated rings. The largest absolute Gasteiger partial charge is 0.395 e. The minimum Gasteiger partial charge on any atom is -0.395 e. The molecule has 17 heavy (non-hydrogen) atoms. The molecule has 4 N–H and O–H groups in total. The maximum atomic E-state index is 9.09. The fraction of sp³-hybridized carbons (Fsp3) is 1.00. The zero-order valence-corrected chi connectivity index (χ0v) is 10.7. The van der Waals surface area contributed by atoms with E-state index in [0.29, 0.717) is 19.1 Å². The summed E-state index contributed by atoms with van der Waals surface area (Å²) in [7, 11) is 0. The molecule has 1 saturated heterocycles. The highest BCUT2D eigenvalue weighted by molar-refractivity contribution is 4.76. The van der Waals surface area contributed by atoms with Crippen LogP contribution in [0.15, 0.2) is 0 Å². The Balaban J connectivity index is 2.53. The Bertz CT molecular complexity index is 187. The van der Waals surface area contributed by atoms with Crippen LogP contribution >= 0.6 is 0 Å². The quantitative estimate of drug-likeness (QED) is 0.551. The van der Waals surface area contributed by atoms with Gasteiger partial charge in [-0.1, -0.05) is 6.42 Å². The monoisotopic (exact) mass is 245 g/mol. The van der Waals surface area contributed by atoms with Crippen LogP contribution in [0.25, 0.3) is 0 Å². The van der Waals surface area contributed by atoms with E-state index in [1.165, 1.54) is 19.3 Å². The summed E-state index contributed by atoms with van der Waals surface area (Å²) in [5.41, 5.74) is 5.57. The molecule has 1 heterocycles. The van der Waals surface area contributed by atoms with Gasteiger partial charge < -0.3 is 15.9 Å². The summed E-state index contributed by atoms with van der Waals surface area (Å²) in [5.74, 6) is 0. The van der Waals surface area contributed by atoms with Crippen molar-refractivity contribution in [1.29, 1.82) is 0 Å². The predicted molar refractivity (Wildman–Crippen MR) is 68.4 cm³/mol. The number of rotatable bonds is 8. The highest BCUT2D eigenvalue weighted by Crippen LogP contribution is 2.22. The molecule has 0 aromatic heterocycles. The summed E-state index contributed by atoms with van der Waals surface area (Å²) in [5, 5.41) is 22.6. The first-order valence-corrected chi connectivity index (χ1v) is 6.76. The third-order valence-corrected chi connectivity index (χ3v) is 3.42. The lowest BCUT2D eigenvalue weighted by Crippen LogP contribution is -2.53. The van der Waals surface area contributed by atoms with Crippen LogP contribution in [-0.2, 0) is 0 Å². The molecule has 1 unspecified atom stereocenters. The van der Waals surface area contributed by atoms with Crippen molar-refractivity contribution in [3.8, 4) is 0 Å². The minimum atomic E-state index is 0.139. The third kappa shape index (κ3) is 4.89. The number of nitrogens with zero attached hydrogens (tertiary/aromatic N) is 2. The molecule has 5 nitrogen and oxygen atoms in total. The lowest BCUT2D eigenvalue weighted by molar-refractivity contribution is -0.0931. The van der Waals surface area contributed by atoms with Gasteiger partial charge in [-0.15, -0.1) is 0 Å². The second-order valence-corrected chi connectivity index (χ2v) is 4.64. The van der Waals surface area contributed by atoms with Crippen LogP contribution in [0.5, 0.6) is 0 Å². The van der Waals surface area contributed by atoms with Gasteiger partial charge in [-0.3, -0.25) is 0 Å². The number of piperidine rings is 1. The molecule has 0 aromatic carbocycles.